The Morgan fingerprint density at radius 2 is 1.57 bits per heavy atom. The van der Waals surface area contributed by atoms with Crippen LogP contribution in [0.1, 0.15) is 12.8 Å². The van der Waals surface area contributed by atoms with E-state index in [0.717, 1.165) is 5.01 Å². The summed E-state index contributed by atoms with van der Waals surface area (Å²) >= 11 is 0. The molecule has 0 aliphatic carbocycles. The number of carbonyl (C=O) groups excluding carboxylic acids is 3. The number of nitrogens with zero attached hydrogens (tertiary/aromatic N) is 3. The maximum Gasteiger partial charge on any atom is 0.303 e. The van der Waals surface area contributed by atoms with Crippen LogP contribution >= 0.6 is 0 Å². The predicted molar refractivity (Wildman–Crippen MR) is 73.4 cm³/mol. The summed E-state index contributed by atoms with van der Waals surface area (Å²) in [6, 6.07) is 0. The van der Waals surface area contributed by atoms with Gasteiger partial charge < -0.3 is 5.11 Å². The van der Waals surface area contributed by atoms with E-state index in [1.807, 2.05) is 0 Å². The van der Waals surface area contributed by atoms with Crippen LogP contribution in [0.25, 0.3) is 0 Å². The van der Waals surface area contributed by atoms with E-state index in [1.165, 1.54) is 22.2 Å². The van der Waals surface area contributed by atoms with Gasteiger partial charge in [0.1, 0.15) is 0 Å². The normalized spacial score (nSPS) is 13.5. The fourth-order valence-corrected chi connectivity index (χ4v) is 1.31. The molecule has 0 atom stereocenters. The standard InChI is InChI=1S/C6H12N2O3.C6H8N2O2/c1-8(2)7-5(9)3-4-6(10)11;1-7(2)8-5(9)3-4-6(8)10/h3-4H2,1-2H3,(H,7,9)(H,10,11);3-4H,1-2H3. The van der Waals surface area contributed by atoms with Gasteiger partial charge in [-0.05, 0) is 0 Å². The Balaban J connectivity index is 0.000000382. The second-order valence-corrected chi connectivity index (χ2v) is 4.49. The third kappa shape index (κ3) is 7.80. The first-order chi connectivity index (χ1) is 9.65. The monoisotopic (exact) mass is 300 g/mol. The molecule has 0 saturated heterocycles. The largest absolute Gasteiger partial charge is 0.481 e. The molecule has 3 amide bonds. The van der Waals surface area contributed by atoms with Crippen molar-refractivity contribution in [2.24, 2.45) is 0 Å². The molecule has 9 nitrogen and oxygen atoms in total. The van der Waals surface area contributed by atoms with Crippen LogP contribution in [0.5, 0.6) is 0 Å². The van der Waals surface area contributed by atoms with Crippen LogP contribution in [0.15, 0.2) is 12.2 Å². The van der Waals surface area contributed by atoms with E-state index in [2.05, 4.69) is 5.43 Å². The number of amides is 3. The number of imide groups is 1. The van der Waals surface area contributed by atoms with Crippen molar-refractivity contribution in [3.63, 3.8) is 0 Å². The lowest BCUT2D eigenvalue weighted by molar-refractivity contribution is -0.151. The fraction of sp³-hybridized carbons (Fsp3) is 0.500. The van der Waals surface area contributed by atoms with Gasteiger partial charge >= 0.3 is 5.97 Å². The average molecular weight is 300 g/mol. The highest BCUT2D eigenvalue weighted by Gasteiger charge is 2.24. The topological polar surface area (TPSA) is 110 Å². The van der Waals surface area contributed by atoms with Gasteiger partial charge in [0.15, 0.2) is 0 Å². The van der Waals surface area contributed by atoms with Crippen molar-refractivity contribution < 1.29 is 24.3 Å². The molecule has 0 aromatic carbocycles. The van der Waals surface area contributed by atoms with E-state index in [-0.39, 0.29) is 30.6 Å². The van der Waals surface area contributed by atoms with Gasteiger partial charge in [-0.2, -0.15) is 0 Å². The zero-order valence-corrected chi connectivity index (χ0v) is 12.5. The number of hydrogen-bond donors (Lipinski definition) is 2. The van der Waals surface area contributed by atoms with Crippen LogP contribution in [-0.2, 0) is 19.2 Å². The number of nitrogens with one attached hydrogen (secondary N) is 1. The van der Waals surface area contributed by atoms with Crippen LogP contribution in [0.2, 0.25) is 0 Å². The van der Waals surface area contributed by atoms with E-state index in [0.29, 0.717) is 0 Å². The second kappa shape index (κ2) is 8.82. The van der Waals surface area contributed by atoms with Crippen LogP contribution in [0.4, 0.5) is 0 Å². The van der Waals surface area contributed by atoms with E-state index < -0.39 is 5.97 Å². The Morgan fingerprint density at radius 3 is 1.86 bits per heavy atom. The maximum absolute atomic E-state index is 10.8. The Morgan fingerprint density at radius 1 is 1.10 bits per heavy atom. The van der Waals surface area contributed by atoms with Gasteiger partial charge in [0.2, 0.25) is 5.91 Å². The Bertz CT molecular complexity index is 427. The van der Waals surface area contributed by atoms with Crippen molar-refractivity contribution in [3.05, 3.63) is 12.2 Å². The third-order valence-electron chi connectivity index (χ3n) is 2.10. The Hall–Kier alpha value is -2.26. The van der Waals surface area contributed by atoms with E-state index in [9.17, 15) is 19.2 Å². The lowest BCUT2D eigenvalue weighted by atomic mass is 10.3. The van der Waals surface area contributed by atoms with Crippen LogP contribution in [0, 0.1) is 0 Å². The number of carboxylic acid groups (broad SMARTS) is 1. The van der Waals surface area contributed by atoms with Gasteiger partial charge in [0.25, 0.3) is 11.8 Å². The van der Waals surface area contributed by atoms with Gasteiger partial charge in [0.05, 0.1) is 6.42 Å². The Labute approximate surface area is 122 Å². The highest BCUT2D eigenvalue weighted by Crippen LogP contribution is 2.03. The number of carbonyl (C=O) groups is 4. The molecular formula is C12H20N4O5. The van der Waals surface area contributed by atoms with Crippen molar-refractivity contribution >= 4 is 23.7 Å². The zero-order valence-electron chi connectivity index (χ0n) is 12.5. The molecule has 9 heteroatoms. The molecule has 2 N–H and O–H groups in total. The first kappa shape index (κ1) is 18.7. The molecule has 0 aromatic rings. The predicted octanol–water partition coefficient (Wildman–Crippen LogP) is -1.17. The Kier molecular flexibility index (Phi) is 7.87. The maximum atomic E-state index is 10.8. The molecule has 118 valence electrons. The summed E-state index contributed by atoms with van der Waals surface area (Å²) in [4.78, 5) is 42.3. The van der Waals surface area contributed by atoms with Crippen molar-refractivity contribution in [2.45, 2.75) is 12.8 Å². The van der Waals surface area contributed by atoms with Crippen LogP contribution in [-0.4, -0.2) is 72.0 Å². The number of carboxylic acids is 1. The van der Waals surface area contributed by atoms with Crippen molar-refractivity contribution in [3.8, 4) is 0 Å². The molecule has 0 fully saturated rings. The highest BCUT2D eigenvalue weighted by atomic mass is 16.4. The lowest BCUT2D eigenvalue weighted by Gasteiger charge is -2.20. The van der Waals surface area contributed by atoms with Gasteiger partial charge in [-0.25, -0.2) is 15.0 Å². The minimum Gasteiger partial charge on any atom is -0.481 e. The zero-order chi connectivity index (χ0) is 16.6. The summed E-state index contributed by atoms with van der Waals surface area (Å²) in [5.41, 5.74) is 2.43. The fourth-order valence-electron chi connectivity index (χ4n) is 1.31. The third-order valence-corrected chi connectivity index (χ3v) is 2.10. The van der Waals surface area contributed by atoms with Crippen molar-refractivity contribution in [1.82, 2.24) is 20.5 Å². The summed E-state index contributed by atoms with van der Waals surface area (Å²) in [7, 11) is 6.61. The summed E-state index contributed by atoms with van der Waals surface area (Å²) in [5.74, 6) is -1.80. The molecule has 0 radical (unpaired) electrons. The van der Waals surface area contributed by atoms with E-state index in [1.54, 1.807) is 28.2 Å². The smallest absolute Gasteiger partial charge is 0.303 e. The van der Waals surface area contributed by atoms with Crippen LogP contribution < -0.4 is 5.43 Å². The molecule has 0 unspecified atom stereocenters. The molecule has 1 aliphatic rings. The van der Waals surface area contributed by atoms with Crippen molar-refractivity contribution in [1.29, 1.82) is 0 Å². The molecule has 0 spiro atoms. The van der Waals surface area contributed by atoms with Gasteiger partial charge in [-0.15, -0.1) is 0 Å². The molecule has 1 rings (SSSR count). The summed E-state index contributed by atoms with van der Waals surface area (Å²) in [6.07, 6.45) is 2.40. The average Bonchev–Trinajstić information content (AvgIpc) is 2.66. The summed E-state index contributed by atoms with van der Waals surface area (Å²) in [6.45, 7) is 0. The number of aliphatic carboxylic acids is 1. The summed E-state index contributed by atoms with van der Waals surface area (Å²) < 4.78 is 0. The van der Waals surface area contributed by atoms with Crippen molar-refractivity contribution in [2.75, 3.05) is 28.2 Å². The molecule has 0 saturated carbocycles. The minimum atomic E-state index is -0.959. The molecule has 1 aliphatic heterocycles. The number of hydrogen-bond acceptors (Lipinski definition) is 6. The number of hydrazine groups is 2. The first-order valence-corrected chi connectivity index (χ1v) is 6.07. The lowest BCUT2D eigenvalue weighted by Crippen LogP contribution is -2.41. The van der Waals surface area contributed by atoms with Gasteiger partial charge in [-0.1, -0.05) is 0 Å². The quantitative estimate of drug-likeness (QED) is 0.486. The second-order valence-electron chi connectivity index (χ2n) is 4.49. The van der Waals surface area contributed by atoms with Gasteiger partial charge in [0, 0.05) is 46.8 Å². The molecule has 21 heavy (non-hydrogen) atoms. The SMILES string of the molecule is CN(C)N1C(=O)C=CC1=O.CN(C)NC(=O)CCC(=O)O. The van der Waals surface area contributed by atoms with E-state index in [4.69, 9.17) is 5.11 Å². The first-order valence-electron chi connectivity index (χ1n) is 6.07. The molecule has 0 bridgehead atoms. The molecule has 0 aromatic heterocycles. The minimum absolute atomic E-state index is 0.0213. The van der Waals surface area contributed by atoms with E-state index >= 15 is 0 Å². The van der Waals surface area contributed by atoms with Gasteiger partial charge in [-0.3, -0.25) is 24.6 Å². The molecule has 1 heterocycles. The summed E-state index contributed by atoms with van der Waals surface area (Å²) in [5, 5.41) is 12.2. The molecular weight excluding hydrogens is 280 g/mol. The number of rotatable bonds is 5. The highest BCUT2D eigenvalue weighted by molar-refractivity contribution is 6.12. The van der Waals surface area contributed by atoms with Crippen LogP contribution in [0.3, 0.4) is 0 Å².